The van der Waals surface area contributed by atoms with Gasteiger partial charge in [0.15, 0.2) is 6.61 Å². The molecule has 1 heterocycles. The van der Waals surface area contributed by atoms with Crippen molar-refractivity contribution < 1.29 is 23.1 Å². The fourth-order valence-electron chi connectivity index (χ4n) is 2.57. The first-order valence-electron chi connectivity index (χ1n) is 7.20. The van der Waals surface area contributed by atoms with Gasteiger partial charge in [-0.1, -0.05) is 18.2 Å². The minimum absolute atomic E-state index is 0.402. The Morgan fingerprint density at radius 3 is 2.62 bits per heavy atom. The molecule has 1 aromatic heterocycles. The van der Waals surface area contributed by atoms with E-state index in [-0.39, 0.29) is 0 Å². The number of para-hydroxylation sites is 1. The van der Waals surface area contributed by atoms with Crippen molar-refractivity contribution in [2.75, 3.05) is 6.61 Å². The number of ether oxygens (including phenoxy) is 1. The maximum Gasteiger partial charge on any atom is 0.341 e. The second-order valence-corrected chi connectivity index (χ2v) is 5.29. The molecule has 122 valence electrons. The average molecular weight is 329 g/mol. The largest absolute Gasteiger partial charge is 0.454 e. The molecule has 1 N–H and O–H groups in total. The number of hydrogen-bond donors (Lipinski definition) is 1. The number of fused-ring (bicyclic) bond motifs is 1. The number of H-pyrrole nitrogens is 1. The third-order valence-electron chi connectivity index (χ3n) is 3.66. The molecule has 0 aliphatic carbocycles. The van der Waals surface area contributed by atoms with Gasteiger partial charge in [0.05, 0.1) is 5.56 Å². The maximum atomic E-state index is 13.5. The molecule has 0 saturated carbocycles. The number of hydrogen-bond acceptors (Lipinski definition) is 3. The van der Waals surface area contributed by atoms with Gasteiger partial charge in [-0.2, -0.15) is 0 Å². The Kier molecular flexibility index (Phi) is 4.12. The van der Waals surface area contributed by atoms with E-state index >= 15 is 0 Å². The number of esters is 1. The van der Waals surface area contributed by atoms with Crippen molar-refractivity contribution in [2.45, 2.75) is 6.92 Å². The van der Waals surface area contributed by atoms with Gasteiger partial charge in [-0.05, 0) is 25.1 Å². The Balaban J connectivity index is 1.77. The van der Waals surface area contributed by atoms with Crippen LogP contribution in [0.4, 0.5) is 8.78 Å². The smallest absolute Gasteiger partial charge is 0.341 e. The summed E-state index contributed by atoms with van der Waals surface area (Å²) in [6.07, 6.45) is 0. The lowest BCUT2D eigenvalue weighted by molar-refractivity contribution is 0.0470. The summed E-state index contributed by atoms with van der Waals surface area (Å²) in [6.45, 7) is 1.22. The van der Waals surface area contributed by atoms with Crippen LogP contribution in [0.5, 0.6) is 0 Å². The zero-order valence-electron chi connectivity index (χ0n) is 12.7. The summed E-state index contributed by atoms with van der Waals surface area (Å²) in [5, 5.41) is 0.726. The first kappa shape index (κ1) is 15.9. The number of nitrogens with one attached hydrogen (secondary N) is 1. The van der Waals surface area contributed by atoms with Crippen molar-refractivity contribution in [3.8, 4) is 0 Å². The van der Waals surface area contributed by atoms with Crippen LogP contribution in [-0.4, -0.2) is 23.3 Å². The Morgan fingerprint density at radius 1 is 1.12 bits per heavy atom. The van der Waals surface area contributed by atoms with Gasteiger partial charge >= 0.3 is 5.97 Å². The molecule has 24 heavy (non-hydrogen) atoms. The predicted molar refractivity (Wildman–Crippen MR) is 84.0 cm³/mol. The minimum atomic E-state index is -1.03. The third kappa shape index (κ3) is 2.90. The summed E-state index contributed by atoms with van der Waals surface area (Å²) in [5.74, 6) is -3.25. The highest BCUT2D eigenvalue weighted by Gasteiger charge is 2.19. The van der Waals surface area contributed by atoms with E-state index in [4.69, 9.17) is 4.74 Å². The lowest BCUT2D eigenvalue weighted by atomic mass is 10.1. The fourth-order valence-corrected chi connectivity index (χ4v) is 2.57. The first-order chi connectivity index (χ1) is 11.5. The van der Waals surface area contributed by atoms with Crippen LogP contribution >= 0.6 is 0 Å². The van der Waals surface area contributed by atoms with E-state index < -0.39 is 35.6 Å². The van der Waals surface area contributed by atoms with Gasteiger partial charge in [-0.3, -0.25) is 4.79 Å². The van der Waals surface area contributed by atoms with Crippen LogP contribution in [0, 0.1) is 18.6 Å². The van der Waals surface area contributed by atoms with Crippen molar-refractivity contribution in [1.29, 1.82) is 0 Å². The number of aromatic amines is 1. The molecule has 0 bridgehead atoms. The number of ketones is 1. The van der Waals surface area contributed by atoms with E-state index in [9.17, 15) is 18.4 Å². The number of carbonyl (C=O) groups is 2. The molecule has 0 aliphatic rings. The van der Waals surface area contributed by atoms with Crippen molar-refractivity contribution in [3.63, 3.8) is 0 Å². The van der Waals surface area contributed by atoms with E-state index in [0.717, 1.165) is 23.0 Å². The van der Waals surface area contributed by atoms with Crippen LogP contribution in [0.3, 0.4) is 0 Å². The average Bonchev–Trinajstić information content (AvgIpc) is 2.88. The van der Waals surface area contributed by atoms with Crippen LogP contribution in [0.15, 0.2) is 42.5 Å². The lowest BCUT2D eigenvalue weighted by Gasteiger charge is -2.06. The summed E-state index contributed by atoms with van der Waals surface area (Å²) in [4.78, 5) is 27.3. The Bertz CT molecular complexity index is 947. The summed E-state index contributed by atoms with van der Waals surface area (Å²) in [5.41, 5.74) is 1.47. The fraction of sp³-hybridized carbons (Fsp3) is 0.111. The van der Waals surface area contributed by atoms with Crippen LogP contribution in [0.25, 0.3) is 10.9 Å². The molecule has 0 saturated heterocycles. The number of benzene rings is 2. The minimum Gasteiger partial charge on any atom is -0.454 e. The second-order valence-electron chi connectivity index (χ2n) is 5.29. The predicted octanol–water partition coefficient (Wildman–Crippen LogP) is 3.79. The molecular formula is C18H13F2NO3. The highest BCUT2D eigenvalue weighted by Crippen LogP contribution is 2.22. The van der Waals surface area contributed by atoms with Crippen molar-refractivity contribution in [2.24, 2.45) is 0 Å². The third-order valence-corrected chi connectivity index (χ3v) is 3.66. The Labute approximate surface area is 136 Å². The van der Waals surface area contributed by atoms with Crippen LogP contribution in [-0.2, 0) is 4.74 Å². The van der Waals surface area contributed by atoms with Gasteiger partial charge in [-0.25, -0.2) is 13.6 Å². The molecular weight excluding hydrogens is 316 g/mol. The first-order valence-corrected chi connectivity index (χ1v) is 7.20. The molecule has 2 aromatic carbocycles. The molecule has 3 rings (SSSR count). The summed E-state index contributed by atoms with van der Waals surface area (Å²) < 4.78 is 31.3. The number of Topliss-reactive ketones (excluding diaryl/α,β-unsaturated/α-hetero) is 1. The summed E-state index contributed by atoms with van der Waals surface area (Å²) >= 11 is 0. The number of aryl methyl sites for hydroxylation is 1. The summed E-state index contributed by atoms with van der Waals surface area (Å²) in [7, 11) is 0. The quantitative estimate of drug-likeness (QED) is 0.585. The van der Waals surface area contributed by atoms with Gasteiger partial charge in [0.1, 0.15) is 11.6 Å². The molecule has 4 nitrogen and oxygen atoms in total. The van der Waals surface area contributed by atoms with E-state index in [0.29, 0.717) is 17.3 Å². The monoisotopic (exact) mass is 329 g/mol. The van der Waals surface area contributed by atoms with E-state index in [2.05, 4.69) is 4.98 Å². The van der Waals surface area contributed by atoms with Crippen molar-refractivity contribution >= 4 is 22.7 Å². The maximum absolute atomic E-state index is 13.5. The molecule has 0 spiro atoms. The number of carbonyl (C=O) groups excluding carboxylic acids is 2. The van der Waals surface area contributed by atoms with Crippen LogP contribution < -0.4 is 0 Å². The molecule has 0 aliphatic heterocycles. The highest BCUT2D eigenvalue weighted by molar-refractivity contribution is 6.10. The highest BCUT2D eigenvalue weighted by atomic mass is 19.1. The number of aromatic nitrogens is 1. The standard InChI is InChI=1S/C18H13F2NO3/c1-10-17(13-4-2-3-5-15(13)21-10)16(22)9-24-18(23)12-7-6-11(19)8-14(12)20/h2-8,21H,9H2,1H3. The topological polar surface area (TPSA) is 59.2 Å². The van der Waals surface area contributed by atoms with Crippen molar-refractivity contribution in [1.82, 2.24) is 4.98 Å². The van der Waals surface area contributed by atoms with Gasteiger partial charge in [-0.15, -0.1) is 0 Å². The molecule has 0 radical (unpaired) electrons. The van der Waals surface area contributed by atoms with Crippen LogP contribution in [0.2, 0.25) is 0 Å². The van der Waals surface area contributed by atoms with Gasteiger partial charge < -0.3 is 9.72 Å². The summed E-state index contributed by atoms with van der Waals surface area (Å²) in [6, 6.07) is 9.77. The molecule has 3 aromatic rings. The van der Waals surface area contributed by atoms with E-state index in [1.807, 2.05) is 12.1 Å². The zero-order chi connectivity index (χ0) is 17.3. The molecule has 0 atom stereocenters. The molecule has 0 amide bonds. The Morgan fingerprint density at radius 2 is 1.88 bits per heavy atom. The zero-order valence-corrected chi connectivity index (χ0v) is 12.7. The van der Waals surface area contributed by atoms with Crippen LogP contribution in [0.1, 0.15) is 26.4 Å². The van der Waals surface area contributed by atoms with Gasteiger partial charge in [0, 0.05) is 28.2 Å². The number of halogens is 2. The van der Waals surface area contributed by atoms with Crippen molar-refractivity contribution in [3.05, 3.63) is 70.9 Å². The molecule has 0 unspecified atom stereocenters. The normalized spacial score (nSPS) is 10.8. The van der Waals surface area contributed by atoms with E-state index in [1.54, 1.807) is 19.1 Å². The van der Waals surface area contributed by atoms with E-state index in [1.165, 1.54) is 0 Å². The molecule has 6 heteroatoms. The van der Waals surface area contributed by atoms with Gasteiger partial charge in [0.25, 0.3) is 0 Å². The Hall–Kier alpha value is -3.02. The van der Waals surface area contributed by atoms with Gasteiger partial charge in [0.2, 0.25) is 5.78 Å². The lowest BCUT2D eigenvalue weighted by Crippen LogP contribution is -2.16. The second kappa shape index (κ2) is 6.23. The number of rotatable bonds is 4. The SMILES string of the molecule is Cc1[nH]c2ccccc2c1C(=O)COC(=O)c1ccc(F)cc1F. The molecule has 0 fully saturated rings.